The summed E-state index contributed by atoms with van der Waals surface area (Å²) in [5.74, 6) is 1.51. The van der Waals surface area contributed by atoms with Gasteiger partial charge in [0.2, 0.25) is 11.8 Å². The summed E-state index contributed by atoms with van der Waals surface area (Å²) < 4.78 is 11.3. The molecule has 1 aromatic heterocycles. The summed E-state index contributed by atoms with van der Waals surface area (Å²) in [6, 6.07) is 0. The van der Waals surface area contributed by atoms with Gasteiger partial charge >= 0.3 is 5.97 Å². The van der Waals surface area contributed by atoms with Gasteiger partial charge in [-0.15, -0.1) is 24.0 Å². The second kappa shape index (κ2) is 11.0. The average Bonchev–Trinajstić information content (AvgIpc) is 2.62. The molecule has 1 N–H and O–H groups in total. The van der Waals surface area contributed by atoms with Crippen LogP contribution in [-0.4, -0.2) is 79.3 Å². The number of nitrogens with one attached hydrogen (secondary N) is 1. The highest BCUT2D eigenvalue weighted by Gasteiger charge is 2.23. The number of esters is 1. The van der Waals surface area contributed by atoms with Crippen LogP contribution < -0.4 is 15.0 Å². The van der Waals surface area contributed by atoms with Crippen LogP contribution in [0.15, 0.2) is 15.7 Å². The fourth-order valence-corrected chi connectivity index (χ4v) is 2.97. The lowest BCUT2D eigenvalue weighted by molar-refractivity contribution is -0.153. The van der Waals surface area contributed by atoms with Gasteiger partial charge in [-0.3, -0.25) is 9.79 Å². The van der Waals surface area contributed by atoms with Crippen molar-refractivity contribution in [3.8, 4) is 5.88 Å². The highest BCUT2D eigenvalue weighted by atomic mass is 127. The molecule has 0 spiro atoms. The van der Waals surface area contributed by atoms with Gasteiger partial charge in [-0.05, 0) is 36.7 Å². The zero-order chi connectivity index (χ0) is 20.0. The van der Waals surface area contributed by atoms with E-state index < -0.39 is 5.60 Å². The smallest absolute Gasteiger partial charge is 0.325 e. The van der Waals surface area contributed by atoms with Crippen molar-refractivity contribution >= 4 is 57.8 Å². The molecular weight excluding hydrogens is 543 g/mol. The van der Waals surface area contributed by atoms with E-state index in [9.17, 15) is 4.79 Å². The Morgan fingerprint density at radius 3 is 2.50 bits per heavy atom. The second-order valence-corrected chi connectivity index (χ2v) is 7.84. The Labute approximate surface area is 191 Å². The van der Waals surface area contributed by atoms with Crippen LogP contribution in [0.4, 0.5) is 5.95 Å². The summed E-state index contributed by atoms with van der Waals surface area (Å²) in [5.41, 5.74) is -0.500. The molecule has 1 aromatic rings. The summed E-state index contributed by atoms with van der Waals surface area (Å²) in [7, 11) is 3.28. The Morgan fingerprint density at radius 1 is 1.32 bits per heavy atom. The van der Waals surface area contributed by atoms with Gasteiger partial charge in [-0.25, -0.2) is 4.98 Å². The maximum absolute atomic E-state index is 11.9. The fraction of sp³-hybridized carbons (Fsp3) is 0.647. The Bertz CT molecular complexity index is 690. The van der Waals surface area contributed by atoms with E-state index in [-0.39, 0.29) is 36.5 Å². The Morgan fingerprint density at radius 2 is 1.96 bits per heavy atom. The molecular formula is C17H28BrIN6O3. The lowest BCUT2D eigenvalue weighted by Crippen LogP contribution is -2.53. The Kier molecular flexibility index (Phi) is 9.67. The molecule has 1 saturated heterocycles. The molecule has 0 unspecified atom stereocenters. The summed E-state index contributed by atoms with van der Waals surface area (Å²) in [4.78, 5) is 29.1. The standard InChI is InChI=1S/C17H27BrN6O3.HI/c1-17(2,3)27-13(25)11-21-15(19-4)23-6-8-24(9-7-23)16-20-10-12(18)14(22-16)26-5;/h10H,6-9,11H2,1-5H3,(H,19,21);1H. The molecule has 28 heavy (non-hydrogen) atoms. The monoisotopic (exact) mass is 570 g/mol. The van der Waals surface area contributed by atoms with Crippen LogP contribution in [0.2, 0.25) is 0 Å². The van der Waals surface area contributed by atoms with Crippen molar-refractivity contribution in [3.05, 3.63) is 10.7 Å². The number of nitrogens with zero attached hydrogens (tertiary/aromatic N) is 5. The third-order valence-electron chi connectivity index (χ3n) is 3.78. The number of carbonyl (C=O) groups excluding carboxylic acids is 1. The number of hydrogen-bond acceptors (Lipinski definition) is 7. The van der Waals surface area contributed by atoms with Crippen LogP contribution in [-0.2, 0) is 9.53 Å². The topological polar surface area (TPSA) is 92.2 Å². The minimum atomic E-state index is -0.500. The molecule has 1 fully saturated rings. The third-order valence-corrected chi connectivity index (χ3v) is 4.32. The number of anilines is 1. The van der Waals surface area contributed by atoms with Crippen LogP contribution in [0.3, 0.4) is 0 Å². The molecule has 0 aromatic carbocycles. The number of aromatic nitrogens is 2. The highest BCUT2D eigenvalue weighted by Crippen LogP contribution is 2.23. The zero-order valence-corrected chi connectivity index (χ0v) is 20.8. The lowest BCUT2D eigenvalue weighted by atomic mass is 10.2. The maximum atomic E-state index is 11.9. The Balaban J connectivity index is 0.00000392. The largest absolute Gasteiger partial charge is 0.480 e. The van der Waals surface area contributed by atoms with Gasteiger partial charge in [-0.1, -0.05) is 0 Å². The van der Waals surface area contributed by atoms with Crippen LogP contribution in [0.1, 0.15) is 20.8 Å². The maximum Gasteiger partial charge on any atom is 0.325 e. The van der Waals surface area contributed by atoms with Gasteiger partial charge < -0.3 is 24.6 Å². The molecule has 2 heterocycles. The molecule has 9 nitrogen and oxygen atoms in total. The number of hydrogen-bond donors (Lipinski definition) is 1. The van der Waals surface area contributed by atoms with Crippen LogP contribution in [0.5, 0.6) is 5.88 Å². The van der Waals surface area contributed by atoms with Crippen molar-refractivity contribution in [2.24, 2.45) is 4.99 Å². The normalized spacial score (nSPS) is 15.0. The van der Waals surface area contributed by atoms with Gasteiger partial charge in [-0.2, -0.15) is 4.98 Å². The molecule has 0 bridgehead atoms. The van der Waals surface area contributed by atoms with Gasteiger partial charge in [0.25, 0.3) is 0 Å². The first-order valence-corrected chi connectivity index (χ1v) is 9.51. The Hall–Kier alpha value is -1.37. The highest BCUT2D eigenvalue weighted by molar-refractivity contribution is 14.0. The molecule has 0 radical (unpaired) electrons. The quantitative estimate of drug-likeness (QED) is 0.254. The first kappa shape index (κ1) is 24.7. The first-order valence-electron chi connectivity index (χ1n) is 8.72. The van der Waals surface area contributed by atoms with Gasteiger partial charge in [0.05, 0.1) is 17.8 Å². The zero-order valence-electron chi connectivity index (χ0n) is 16.9. The number of carbonyl (C=O) groups is 1. The van der Waals surface area contributed by atoms with Gasteiger partial charge in [0.15, 0.2) is 5.96 Å². The number of piperazine rings is 1. The minimum absolute atomic E-state index is 0. The van der Waals surface area contributed by atoms with Crippen LogP contribution in [0.25, 0.3) is 0 Å². The van der Waals surface area contributed by atoms with E-state index >= 15 is 0 Å². The van der Waals surface area contributed by atoms with E-state index in [1.807, 2.05) is 20.8 Å². The summed E-state index contributed by atoms with van der Waals surface area (Å²) in [5, 5.41) is 3.07. The van der Waals surface area contributed by atoms with E-state index in [0.29, 0.717) is 17.8 Å². The minimum Gasteiger partial charge on any atom is -0.480 e. The van der Waals surface area contributed by atoms with E-state index in [4.69, 9.17) is 9.47 Å². The average molecular weight is 571 g/mol. The molecule has 0 amide bonds. The van der Waals surface area contributed by atoms with Gasteiger partial charge in [0.1, 0.15) is 12.1 Å². The van der Waals surface area contributed by atoms with E-state index in [1.165, 1.54) is 0 Å². The molecule has 0 atom stereocenters. The van der Waals surface area contributed by atoms with E-state index in [0.717, 1.165) is 30.7 Å². The summed E-state index contributed by atoms with van der Waals surface area (Å²) in [6.07, 6.45) is 1.69. The number of rotatable bonds is 4. The summed E-state index contributed by atoms with van der Waals surface area (Å²) >= 11 is 3.36. The van der Waals surface area contributed by atoms with Crippen molar-refractivity contribution in [2.45, 2.75) is 26.4 Å². The van der Waals surface area contributed by atoms with E-state index in [1.54, 1.807) is 20.4 Å². The molecule has 2 rings (SSSR count). The number of aliphatic imine (C=N–C) groups is 1. The van der Waals surface area contributed by atoms with Crippen molar-refractivity contribution in [3.63, 3.8) is 0 Å². The molecule has 11 heteroatoms. The van der Waals surface area contributed by atoms with Crippen LogP contribution >= 0.6 is 39.9 Å². The molecule has 1 aliphatic rings. The van der Waals surface area contributed by atoms with E-state index in [2.05, 4.69) is 46.0 Å². The first-order chi connectivity index (χ1) is 12.7. The molecule has 158 valence electrons. The number of halogens is 2. The summed E-state index contributed by atoms with van der Waals surface area (Å²) in [6.45, 7) is 8.55. The van der Waals surface area contributed by atoms with Gasteiger partial charge in [0, 0.05) is 33.2 Å². The molecule has 1 aliphatic heterocycles. The molecule has 0 aliphatic carbocycles. The fourth-order valence-electron chi connectivity index (χ4n) is 2.62. The molecule has 0 saturated carbocycles. The predicted octanol–water partition coefficient (Wildman–Crippen LogP) is 1.90. The SMILES string of the molecule is CN=C(NCC(=O)OC(C)(C)C)N1CCN(c2ncc(Br)c(OC)n2)CC1.I. The van der Waals surface area contributed by atoms with Crippen molar-refractivity contribution in [1.82, 2.24) is 20.2 Å². The number of guanidine groups is 1. The third kappa shape index (κ3) is 7.22. The van der Waals surface area contributed by atoms with Crippen molar-refractivity contribution in [1.29, 1.82) is 0 Å². The predicted molar refractivity (Wildman–Crippen MR) is 123 cm³/mol. The number of ether oxygens (including phenoxy) is 2. The number of methoxy groups -OCH3 is 1. The lowest BCUT2D eigenvalue weighted by Gasteiger charge is -2.36. The second-order valence-electron chi connectivity index (χ2n) is 6.99. The van der Waals surface area contributed by atoms with Crippen molar-refractivity contribution < 1.29 is 14.3 Å². The van der Waals surface area contributed by atoms with Crippen molar-refractivity contribution in [2.75, 3.05) is 51.8 Å². The van der Waals surface area contributed by atoms with Crippen LogP contribution in [0, 0.1) is 0 Å².